The number of carbonyl (C=O) groups excluding carboxylic acids is 1. The molecule has 3 aromatic rings. The lowest BCUT2D eigenvalue weighted by Crippen LogP contribution is -2.43. The van der Waals surface area contributed by atoms with Gasteiger partial charge in [-0.1, -0.05) is 23.7 Å². The Hall–Kier alpha value is -2.72. The summed E-state index contributed by atoms with van der Waals surface area (Å²) in [6.45, 7) is 0. The van der Waals surface area contributed by atoms with E-state index in [2.05, 4.69) is 5.32 Å². The lowest BCUT2D eigenvalue weighted by molar-refractivity contribution is 0.0972. The van der Waals surface area contributed by atoms with Crippen molar-refractivity contribution in [3.05, 3.63) is 83.3 Å². The van der Waals surface area contributed by atoms with E-state index < -0.39 is 6.17 Å². The van der Waals surface area contributed by atoms with Crippen LogP contribution in [0.3, 0.4) is 0 Å². The number of para-hydroxylation sites is 1. The molecule has 4 nitrogen and oxygen atoms in total. The second-order valence-electron chi connectivity index (χ2n) is 5.26. The van der Waals surface area contributed by atoms with Gasteiger partial charge in [0.2, 0.25) is 0 Å². The Bertz CT molecular complexity index is 844. The molecule has 1 aliphatic heterocycles. The van der Waals surface area contributed by atoms with Gasteiger partial charge in [0.25, 0.3) is 5.91 Å². The van der Waals surface area contributed by atoms with E-state index in [1.54, 1.807) is 23.3 Å². The van der Waals surface area contributed by atoms with Crippen LogP contribution in [-0.4, -0.2) is 5.91 Å². The van der Waals surface area contributed by atoms with Crippen molar-refractivity contribution in [2.75, 3.05) is 10.2 Å². The summed E-state index contributed by atoms with van der Waals surface area (Å²) in [6.07, 6.45) is 1.19. The number of rotatable bonds is 2. The van der Waals surface area contributed by atoms with Crippen molar-refractivity contribution < 1.29 is 9.21 Å². The minimum absolute atomic E-state index is 0.0805. The molecule has 5 heteroatoms. The van der Waals surface area contributed by atoms with Crippen LogP contribution < -0.4 is 10.2 Å². The van der Waals surface area contributed by atoms with Crippen molar-refractivity contribution in [2.24, 2.45) is 0 Å². The number of amides is 1. The number of nitrogens with zero attached hydrogens (tertiary/aromatic N) is 1. The minimum Gasteiger partial charge on any atom is -0.465 e. The molecule has 0 bridgehead atoms. The van der Waals surface area contributed by atoms with Gasteiger partial charge >= 0.3 is 0 Å². The molecule has 1 aromatic heterocycles. The maximum Gasteiger partial charge on any atom is 0.262 e. The molecule has 1 aliphatic rings. The predicted molar refractivity (Wildman–Crippen MR) is 89.8 cm³/mol. The molecule has 1 N–H and O–H groups in total. The summed E-state index contributed by atoms with van der Waals surface area (Å²) < 4.78 is 5.53. The zero-order chi connectivity index (χ0) is 15.8. The fourth-order valence-corrected chi connectivity index (χ4v) is 2.89. The van der Waals surface area contributed by atoms with Crippen molar-refractivity contribution in [1.29, 1.82) is 0 Å². The van der Waals surface area contributed by atoms with E-state index in [1.807, 2.05) is 48.5 Å². The molecule has 0 saturated heterocycles. The highest BCUT2D eigenvalue weighted by Crippen LogP contribution is 2.36. The number of nitrogens with one attached hydrogen (secondary N) is 1. The smallest absolute Gasteiger partial charge is 0.262 e. The van der Waals surface area contributed by atoms with Gasteiger partial charge in [-0.05, 0) is 48.5 Å². The van der Waals surface area contributed by atoms with Crippen molar-refractivity contribution in [3.8, 4) is 0 Å². The number of hydrogen-bond donors (Lipinski definition) is 1. The standard InChI is InChI=1S/C18H13ClN2O2/c19-12-7-9-13(10-8-12)21-17(16-6-3-11-23-16)20-15-5-2-1-4-14(15)18(21)22/h1-11,17,20H/t17-/m1/s1. The molecule has 0 fully saturated rings. The zero-order valence-corrected chi connectivity index (χ0v) is 12.8. The third kappa shape index (κ3) is 2.37. The highest BCUT2D eigenvalue weighted by Gasteiger charge is 2.35. The number of carbonyl (C=O) groups is 1. The van der Waals surface area contributed by atoms with E-state index in [0.717, 1.165) is 11.4 Å². The summed E-state index contributed by atoms with van der Waals surface area (Å²) in [6, 6.07) is 18.3. The molecule has 2 aromatic carbocycles. The number of halogens is 1. The second kappa shape index (κ2) is 5.48. The van der Waals surface area contributed by atoms with E-state index in [0.29, 0.717) is 16.3 Å². The van der Waals surface area contributed by atoms with E-state index in [1.165, 1.54) is 0 Å². The molecule has 0 unspecified atom stereocenters. The Kier molecular flexibility index (Phi) is 3.32. The molecule has 1 atom stereocenters. The number of hydrogen-bond acceptors (Lipinski definition) is 3. The largest absolute Gasteiger partial charge is 0.465 e. The van der Waals surface area contributed by atoms with Crippen LogP contribution in [0.15, 0.2) is 71.3 Å². The Balaban J connectivity index is 1.85. The van der Waals surface area contributed by atoms with Gasteiger partial charge in [-0.25, -0.2) is 0 Å². The van der Waals surface area contributed by atoms with Crippen molar-refractivity contribution in [3.63, 3.8) is 0 Å². The molecule has 114 valence electrons. The first kappa shape index (κ1) is 13.9. The van der Waals surface area contributed by atoms with E-state index in [9.17, 15) is 4.79 Å². The summed E-state index contributed by atoms with van der Waals surface area (Å²) >= 11 is 5.97. The Morgan fingerprint density at radius 2 is 1.78 bits per heavy atom. The van der Waals surface area contributed by atoms with Gasteiger partial charge in [-0.3, -0.25) is 9.69 Å². The summed E-state index contributed by atoms with van der Waals surface area (Å²) in [5, 5.41) is 4.00. The van der Waals surface area contributed by atoms with Crippen LogP contribution in [0.5, 0.6) is 0 Å². The fourth-order valence-electron chi connectivity index (χ4n) is 2.77. The van der Waals surface area contributed by atoms with Gasteiger partial charge in [0.15, 0.2) is 6.17 Å². The third-order valence-electron chi connectivity index (χ3n) is 3.84. The van der Waals surface area contributed by atoms with Crippen LogP contribution in [0.1, 0.15) is 22.3 Å². The summed E-state index contributed by atoms with van der Waals surface area (Å²) in [4.78, 5) is 14.7. The molecule has 23 heavy (non-hydrogen) atoms. The topological polar surface area (TPSA) is 45.5 Å². The Morgan fingerprint density at radius 1 is 1.00 bits per heavy atom. The van der Waals surface area contributed by atoms with Gasteiger partial charge in [-0.15, -0.1) is 0 Å². The minimum atomic E-state index is -0.409. The predicted octanol–water partition coefficient (Wildman–Crippen LogP) is 4.70. The number of furan rings is 1. The lowest BCUT2D eigenvalue weighted by Gasteiger charge is -2.36. The molecule has 0 aliphatic carbocycles. The van der Waals surface area contributed by atoms with Gasteiger partial charge < -0.3 is 9.73 Å². The maximum absolute atomic E-state index is 13.0. The number of fused-ring (bicyclic) bond motifs is 1. The monoisotopic (exact) mass is 324 g/mol. The molecule has 2 heterocycles. The number of anilines is 2. The van der Waals surface area contributed by atoms with Gasteiger partial charge in [0, 0.05) is 16.4 Å². The number of benzene rings is 2. The van der Waals surface area contributed by atoms with Crippen molar-refractivity contribution in [2.45, 2.75) is 6.17 Å². The second-order valence-corrected chi connectivity index (χ2v) is 5.70. The van der Waals surface area contributed by atoms with Crippen molar-refractivity contribution in [1.82, 2.24) is 0 Å². The molecule has 4 rings (SSSR count). The Labute approximate surface area is 138 Å². The quantitative estimate of drug-likeness (QED) is 0.743. The average Bonchev–Trinajstić information content (AvgIpc) is 3.10. The first-order valence-corrected chi connectivity index (χ1v) is 7.60. The first-order valence-electron chi connectivity index (χ1n) is 7.22. The zero-order valence-electron chi connectivity index (χ0n) is 12.1. The third-order valence-corrected chi connectivity index (χ3v) is 4.10. The lowest BCUT2D eigenvalue weighted by atomic mass is 10.1. The summed E-state index contributed by atoms with van der Waals surface area (Å²) in [5.41, 5.74) is 2.18. The fraction of sp³-hybridized carbons (Fsp3) is 0.0556. The average molecular weight is 325 g/mol. The summed E-state index contributed by atoms with van der Waals surface area (Å²) in [5.74, 6) is 0.589. The molecule has 0 spiro atoms. The van der Waals surface area contributed by atoms with E-state index in [4.69, 9.17) is 16.0 Å². The van der Waals surface area contributed by atoms with Gasteiger partial charge in [0.05, 0.1) is 11.8 Å². The van der Waals surface area contributed by atoms with Crippen LogP contribution >= 0.6 is 11.6 Å². The normalized spacial score (nSPS) is 16.8. The Morgan fingerprint density at radius 3 is 2.52 bits per heavy atom. The highest BCUT2D eigenvalue weighted by molar-refractivity contribution is 6.30. The highest BCUT2D eigenvalue weighted by atomic mass is 35.5. The van der Waals surface area contributed by atoms with Crippen molar-refractivity contribution >= 4 is 28.9 Å². The van der Waals surface area contributed by atoms with Crippen LogP contribution in [0.2, 0.25) is 5.02 Å². The molecule has 0 saturated carbocycles. The summed E-state index contributed by atoms with van der Waals surface area (Å²) in [7, 11) is 0. The molecular formula is C18H13ClN2O2. The van der Waals surface area contributed by atoms with Gasteiger partial charge in [0.1, 0.15) is 5.76 Å². The first-order chi connectivity index (χ1) is 11.2. The molecular weight excluding hydrogens is 312 g/mol. The maximum atomic E-state index is 13.0. The molecule has 1 amide bonds. The van der Waals surface area contributed by atoms with E-state index in [-0.39, 0.29) is 5.91 Å². The van der Waals surface area contributed by atoms with Crippen LogP contribution in [0, 0.1) is 0 Å². The van der Waals surface area contributed by atoms with Crippen LogP contribution in [-0.2, 0) is 0 Å². The SMILES string of the molecule is O=C1c2ccccc2N[C@@H](c2ccco2)N1c1ccc(Cl)cc1. The molecule has 0 radical (unpaired) electrons. The van der Waals surface area contributed by atoms with Gasteiger partial charge in [-0.2, -0.15) is 0 Å². The van der Waals surface area contributed by atoms with Crippen LogP contribution in [0.4, 0.5) is 11.4 Å². The van der Waals surface area contributed by atoms with E-state index >= 15 is 0 Å². The van der Waals surface area contributed by atoms with Crippen LogP contribution in [0.25, 0.3) is 0 Å².